The molecule has 0 bridgehead atoms. The van der Waals surface area contributed by atoms with E-state index in [9.17, 15) is 9.59 Å². The van der Waals surface area contributed by atoms with Crippen LogP contribution in [0.25, 0.3) is 0 Å². The summed E-state index contributed by atoms with van der Waals surface area (Å²) >= 11 is 0. The molecule has 2 amide bonds. The van der Waals surface area contributed by atoms with Crippen LogP contribution in [0.5, 0.6) is 5.75 Å². The van der Waals surface area contributed by atoms with Gasteiger partial charge in [-0.2, -0.15) is 0 Å². The van der Waals surface area contributed by atoms with Crippen molar-refractivity contribution in [3.05, 3.63) is 60.2 Å². The fourth-order valence-corrected chi connectivity index (χ4v) is 2.89. The van der Waals surface area contributed by atoms with Gasteiger partial charge in [0, 0.05) is 18.9 Å². The van der Waals surface area contributed by atoms with Crippen LogP contribution in [-0.2, 0) is 10.3 Å². The molecule has 30 heavy (non-hydrogen) atoms. The highest BCUT2D eigenvalue weighted by atomic mass is 16.5. The van der Waals surface area contributed by atoms with Crippen molar-refractivity contribution in [1.82, 2.24) is 14.9 Å². The standard InChI is InChI=1S/C21H24N6O3/c1-4-5-10-30-15-6-7-16(24-13-15)19(29)25-14-8-9-23-17(11-14)21(2)12-18(28)27(3)20(22)26-21/h4-9,11,13H,10,12H2,1-3H3,(H2,22,26)(H,23,25,29)/b5-4+. The Morgan fingerprint density at radius 1 is 1.37 bits per heavy atom. The van der Waals surface area contributed by atoms with Crippen LogP contribution < -0.4 is 15.8 Å². The lowest BCUT2D eigenvalue weighted by molar-refractivity contribution is -0.128. The van der Waals surface area contributed by atoms with Gasteiger partial charge >= 0.3 is 0 Å². The number of anilines is 1. The first-order valence-corrected chi connectivity index (χ1v) is 9.42. The van der Waals surface area contributed by atoms with Crippen molar-refractivity contribution < 1.29 is 14.3 Å². The number of amides is 2. The number of carbonyl (C=O) groups excluding carboxylic acids is 2. The second-order valence-corrected chi connectivity index (χ2v) is 7.02. The predicted octanol–water partition coefficient (Wildman–Crippen LogP) is 2.08. The molecule has 3 N–H and O–H groups in total. The molecule has 0 aliphatic carbocycles. The van der Waals surface area contributed by atoms with Gasteiger partial charge in [-0.25, -0.2) is 9.98 Å². The van der Waals surface area contributed by atoms with Gasteiger partial charge in [-0.05, 0) is 38.1 Å². The Balaban J connectivity index is 1.74. The first-order valence-electron chi connectivity index (χ1n) is 9.42. The van der Waals surface area contributed by atoms with Gasteiger partial charge in [0.15, 0.2) is 5.96 Å². The maximum absolute atomic E-state index is 12.5. The van der Waals surface area contributed by atoms with Crippen molar-refractivity contribution in [1.29, 1.82) is 0 Å². The SMILES string of the molecule is C/C=C/COc1ccc(C(=O)Nc2ccnc(C3(C)CC(=O)N(C)C(N)=N3)c2)nc1. The number of nitrogens with two attached hydrogens (primary N) is 1. The van der Waals surface area contributed by atoms with E-state index in [0.717, 1.165) is 0 Å². The monoisotopic (exact) mass is 408 g/mol. The number of pyridine rings is 2. The summed E-state index contributed by atoms with van der Waals surface area (Å²) in [5.41, 5.74) is 6.25. The summed E-state index contributed by atoms with van der Waals surface area (Å²) in [4.78, 5) is 39.0. The largest absolute Gasteiger partial charge is 0.488 e. The normalized spacial score (nSPS) is 19.0. The van der Waals surface area contributed by atoms with Crippen LogP contribution in [0.2, 0.25) is 0 Å². The van der Waals surface area contributed by atoms with Gasteiger partial charge in [0.1, 0.15) is 23.6 Å². The van der Waals surface area contributed by atoms with Gasteiger partial charge in [0.25, 0.3) is 5.91 Å². The molecule has 9 nitrogen and oxygen atoms in total. The van der Waals surface area contributed by atoms with Crippen LogP contribution in [0.4, 0.5) is 5.69 Å². The van der Waals surface area contributed by atoms with E-state index in [4.69, 9.17) is 10.5 Å². The zero-order valence-electron chi connectivity index (χ0n) is 17.1. The lowest BCUT2D eigenvalue weighted by Gasteiger charge is -2.32. The number of carbonyl (C=O) groups is 2. The zero-order chi connectivity index (χ0) is 21.7. The van der Waals surface area contributed by atoms with Crippen LogP contribution in [0.3, 0.4) is 0 Å². The number of aliphatic imine (C=N–C) groups is 1. The molecular weight excluding hydrogens is 384 g/mol. The minimum Gasteiger partial charge on any atom is -0.488 e. The van der Waals surface area contributed by atoms with Crippen LogP contribution in [0.1, 0.15) is 36.5 Å². The number of nitrogens with one attached hydrogen (secondary N) is 1. The quantitative estimate of drug-likeness (QED) is 0.706. The maximum Gasteiger partial charge on any atom is 0.274 e. The molecule has 0 spiro atoms. The summed E-state index contributed by atoms with van der Waals surface area (Å²) in [6, 6.07) is 6.61. The molecule has 1 unspecified atom stereocenters. The van der Waals surface area contributed by atoms with Gasteiger partial charge in [0.05, 0.1) is 18.3 Å². The van der Waals surface area contributed by atoms with E-state index in [2.05, 4.69) is 20.3 Å². The molecule has 1 aliphatic heterocycles. The summed E-state index contributed by atoms with van der Waals surface area (Å²) in [6.07, 6.45) is 6.94. The fraction of sp³-hybridized carbons (Fsp3) is 0.286. The average Bonchev–Trinajstić information content (AvgIpc) is 2.73. The molecule has 2 aromatic rings. The highest BCUT2D eigenvalue weighted by Crippen LogP contribution is 2.32. The number of allylic oxidation sites excluding steroid dienone is 1. The third-order valence-electron chi connectivity index (χ3n) is 4.70. The smallest absolute Gasteiger partial charge is 0.274 e. The highest BCUT2D eigenvalue weighted by Gasteiger charge is 2.37. The van der Waals surface area contributed by atoms with Crippen molar-refractivity contribution in [2.24, 2.45) is 10.7 Å². The molecule has 1 atom stereocenters. The van der Waals surface area contributed by atoms with E-state index in [1.807, 2.05) is 19.1 Å². The Labute approximate surface area is 174 Å². The van der Waals surface area contributed by atoms with E-state index >= 15 is 0 Å². The topological polar surface area (TPSA) is 123 Å². The Morgan fingerprint density at radius 3 is 2.83 bits per heavy atom. The summed E-state index contributed by atoms with van der Waals surface area (Å²) in [5, 5.41) is 2.79. The van der Waals surface area contributed by atoms with Crippen molar-refractivity contribution in [3.8, 4) is 5.75 Å². The molecule has 0 saturated carbocycles. The van der Waals surface area contributed by atoms with Crippen LogP contribution >= 0.6 is 0 Å². The zero-order valence-corrected chi connectivity index (χ0v) is 17.1. The molecule has 0 radical (unpaired) electrons. The number of rotatable bonds is 6. The minimum atomic E-state index is -0.904. The van der Waals surface area contributed by atoms with Crippen LogP contribution in [-0.4, -0.2) is 46.3 Å². The number of hydrogen-bond donors (Lipinski definition) is 2. The Kier molecular flexibility index (Phi) is 6.10. The first kappa shape index (κ1) is 21.0. The van der Waals surface area contributed by atoms with E-state index in [1.165, 1.54) is 11.1 Å². The number of nitrogens with zero attached hydrogens (tertiary/aromatic N) is 4. The molecule has 9 heteroatoms. The van der Waals surface area contributed by atoms with E-state index in [0.29, 0.717) is 23.7 Å². The number of aromatic nitrogens is 2. The van der Waals surface area contributed by atoms with Crippen LogP contribution in [0, 0.1) is 0 Å². The molecule has 2 aromatic heterocycles. The van der Waals surface area contributed by atoms with Crippen molar-refractivity contribution in [2.75, 3.05) is 19.0 Å². The minimum absolute atomic E-state index is 0.130. The average molecular weight is 408 g/mol. The van der Waals surface area contributed by atoms with Gasteiger partial charge in [-0.1, -0.05) is 12.2 Å². The second-order valence-electron chi connectivity index (χ2n) is 7.02. The molecule has 1 aliphatic rings. The summed E-state index contributed by atoms with van der Waals surface area (Å²) in [5.74, 6) is 0.180. The molecule has 3 heterocycles. The summed E-state index contributed by atoms with van der Waals surface area (Å²) in [6.45, 7) is 4.13. The predicted molar refractivity (Wildman–Crippen MR) is 113 cm³/mol. The van der Waals surface area contributed by atoms with E-state index < -0.39 is 5.54 Å². The first-order chi connectivity index (χ1) is 14.3. The molecule has 3 rings (SSSR count). The van der Waals surface area contributed by atoms with Gasteiger partial charge < -0.3 is 15.8 Å². The maximum atomic E-state index is 12.5. The van der Waals surface area contributed by atoms with Gasteiger partial charge in [-0.3, -0.25) is 19.5 Å². The third-order valence-corrected chi connectivity index (χ3v) is 4.70. The Bertz CT molecular complexity index is 1000. The van der Waals surface area contributed by atoms with E-state index in [1.54, 1.807) is 44.4 Å². The van der Waals surface area contributed by atoms with Crippen molar-refractivity contribution in [2.45, 2.75) is 25.8 Å². The number of ether oxygens (including phenoxy) is 1. The Hall–Kier alpha value is -3.75. The molecular formula is C21H24N6O3. The lowest BCUT2D eigenvalue weighted by Crippen LogP contribution is -2.47. The fourth-order valence-electron chi connectivity index (χ4n) is 2.89. The van der Waals surface area contributed by atoms with Crippen molar-refractivity contribution >= 4 is 23.5 Å². The Morgan fingerprint density at radius 2 is 2.17 bits per heavy atom. The summed E-state index contributed by atoms with van der Waals surface area (Å²) < 4.78 is 5.48. The van der Waals surface area contributed by atoms with Crippen LogP contribution in [0.15, 0.2) is 53.8 Å². The highest BCUT2D eigenvalue weighted by molar-refractivity contribution is 6.03. The van der Waals surface area contributed by atoms with Gasteiger partial charge in [0.2, 0.25) is 5.91 Å². The lowest BCUT2D eigenvalue weighted by atomic mass is 9.91. The van der Waals surface area contributed by atoms with Gasteiger partial charge in [-0.15, -0.1) is 0 Å². The molecule has 0 aromatic carbocycles. The number of guanidine groups is 1. The number of hydrogen-bond acceptors (Lipinski definition) is 7. The molecule has 0 saturated heterocycles. The molecule has 0 fully saturated rings. The second kappa shape index (κ2) is 8.73. The summed E-state index contributed by atoms with van der Waals surface area (Å²) in [7, 11) is 1.58. The van der Waals surface area contributed by atoms with Crippen molar-refractivity contribution in [3.63, 3.8) is 0 Å². The van der Waals surface area contributed by atoms with E-state index in [-0.39, 0.29) is 29.9 Å². The third kappa shape index (κ3) is 4.62. The molecule has 156 valence electrons.